The summed E-state index contributed by atoms with van der Waals surface area (Å²) in [5, 5.41) is 21.6. The molecule has 0 unspecified atom stereocenters. The molecule has 544 valence electrons. The lowest BCUT2D eigenvalue weighted by Crippen LogP contribution is -2.49. The van der Waals surface area contributed by atoms with Gasteiger partial charge in [0.25, 0.3) is 5.91 Å². The van der Waals surface area contributed by atoms with Gasteiger partial charge in [0.05, 0.1) is 121 Å². The number of carbonyl (C=O) groups is 8. The highest BCUT2D eigenvalue weighted by atomic mass is 19.1. The molecule has 101 heavy (non-hydrogen) atoms. The number of urea groups is 1. The first-order valence-corrected chi connectivity index (χ1v) is 34.8. The highest BCUT2D eigenvalue weighted by Crippen LogP contribution is 2.40. The van der Waals surface area contributed by atoms with Crippen molar-refractivity contribution < 1.29 is 71.2 Å². The van der Waals surface area contributed by atoms with Crippen LogP contribution < -0.4 is 31.9 Å². The molecular formula is C70H93FN16O14. The van der Waals surface area contributed by atoms with Crippen LogP contribution in [0.1, 0.15) is 98.3 Å². The molecule has 3 aromatic heterocycles. The lowest BCUT2D eigenvalue weighted by molar-refractivity contribution is -0.143. The first-order valence-electron chi connectivity index (χ1n) is 34.8. The Hall–Kier alpha value is -9.43. The molecular weight excluding hydrogens is 1310 g/mol. The summed E-state index contributed by atoms with van der Waals surface area (Å²) in [5.74, 6) is -2.19. The third-order valence-corrected chi connectivity index (χ3v) is 18.6. The quantitative estimate of drug-likeness (QED) is 0.0274. The molecule has 6 N–H and O–H groups in total. The Morgan fingerprint density at radius 3 is 1.97 bits per heavy atom. The third-order valence-electron chi connectivity index (χ3n) is 18.6. The summed E-state index contributed by atoms with van der Waals surface area (Å²) in [4.78, 5) is 120. The normalized spacial score (nSPS) is 16.1. The van der Waals surface area contributed by atoms with E-state index in [9.17, 15) is 38.4 Å². The van der Waals surface area contributed by atoms with Crippen LogP contribution in [-0.2, 0) is 70.8 Å². The number of nitrogens with one attached hydrogen (secondary N) is 4. The molecule has 0 radical (unpaired) electrons. The fourth-order valence-corrected chi connectivity index (χ4v) is 13.2. The van der Waals surface area contributed by atoms with Crippen LogP contribution >= 0.6 is 0 Å². The summed E-state index contributed by atoms with van der Waals surface area (Å²) in [6, 6.07) is 16.7. The minimum absolute atomic E-state index is 0.00986. The van der Waals surface area contributed by atoms with Crippen molar-refractivity contribution in [3.63, 3.8) is 0 Å². The van der Waals surface area contributed by atoms with Crippen LogP contribution in [0.15, 0.2) is 67.0 Å². The van der Waals surface area contributed by atoms with Gasteiger partial charge in [-0.3, -0.25) is 42.9 Å². The average molecular weight is 1400 g/mol. The van der Waals surface area contributed by atoms with E-state index in [0.29, 0.717) is 163 Å². The molecule has 7 heterocycles. The van der Waals surface area contributed by atoms with E-state index in [-0.39, 0.29) is 106 Å². The fourth-order valence-electron chi connectivity index (χ4n) is 13.2. The maximum absolute atomic E-state index is 16.0. The van der Waals surface area contributed by atoms with Crippen LogP contribution in [0, 0.1) is 5.82 Å². The second-order valence-corrected chi connectivity index (χ2v) is 25.4. The first-order chi connectivity index (χ1) is 49.0. The zero-order valence-electron chi connectivity index (χ0n) is 57.8. The Morgan fingerprint density at radius 2 is 1.31 bits per heavy atom. The van der Waals surface area contributed by atoms with Gasteiger partial charge >= 0.3 is 12.0 Å². The number of primary amides is 1. The molecule has 8 amide bonds. The molecule has 0 bridgehead atoms. The number of rotatable bonds is 36. The lowest BCUT2D eigenvalue weighted by Gasteiger charge is -2.37. The number of nitrogens with two attached hydrogens (primary N) is 1. The number of nitrogens with zero attached hydrogens (tertiary/aromatic N) is 11. The number of piperidine rings is 3. The molecule has 4 aliphatic heterocycles. The maximum Gasteiger partial charge on any atom is 0.325 e. The summed E-state index contributed by atoms with van der Waals surface area (Å²) in [6.45, 7) is 9.46. The molecule has 6 aromatic rings. The molecule has 31 heteroatoms. The van der Waals surface area contributed by atoms with E-state index in [1.54, 1.807) is 59.0 Å². The van der Waals surface area contributed by atoms with Gasteiger partial charge in [-0.05, 0) is 92.8 Å². The van der Waals surface area contributed by atoms with E-state index < -0.39 is 29.5 Å². The Balaban J connectivity index is 0.535. The summed E-state index contributed by atoms with van der Waals surface area (Å²) >= 11 is 0. The predicted molar refractivity (Wildman–Crippen MR) is 370 cm³/mol. The van der Waals surface area contributed by atoms with Gasteiger partial charge in [-0.25, -0.2) is 19.2 Å². The summed E-state index contributed by atoms with van der Waals surface area (Å²) in [5.41, 5.74) is 10.5. The number of amides is 8. The van der Waals surface area contributed by atoms with Gasteiger partial charge in [0, 0.05) is 114 Å². The van der Waals surface area contributed by atoms with Crippen molar-refractivity contribution in [1.82, 2.24) is 65.1 Å². The standard InChI is InChI=1S/C70H93FN16O14/c1-4-101-64(93)44-75-60(89)43-74-61(90)46-87-56-9-5-8-53(54-40-57-50(39-55(54)71)41-77-82(57)3)65(56)66(80-87)49-18-25-83(26-19-49)62(91)15-14-59(88)73-21-30-97-32-34-99-36-38-100-37-35-98-33-31-96-29-20-63(92)84-23-16-48(17-24-84)47-10-12-51(13-11-47)78-69-67(68(72)94)76-42-58(79-69)85-22-6-7-52(45-85)86-28-27-81(2)70(86)95/h5,8-13,39-42,48-49,52H,4,6-7,14-38,43-46H2,1-3H3,(H2,72,94)(H,73,88)(H,74,90)(H,75,89)(H,78,79)/t52-/m1/s1. The molecule has 0 spiro atoms. The van der Waals surface area contributed by atoms with Crippen LogP contribution in [0.4, 0.5) is 26.5 Å². The van der Waals surface area contributed by atoms with Gasteiger partial charge in [0.15, 0.2) is 11.5 Å². The number of hydrogen-bond donors (Lipinski definition) is 5. The van der Waals surface area contributed by atoms with Gasteiger partial charge < -0.3 is 79.9 Å². The first kappa shape index (κ1) is 74.3. The van der Waals surface area contributed by atoms with Gasteiger partial charge in [-0.1, -0.05) is 24.3 Å². The summed E-state index contributed by atoms with van der Waals surface area (Å²) in [6.07, 6.45) is 8.02. The van der Waals surface area contributed by atoms with Crippen LogP contribution in [0.25, 0.3) is 32.9 Å². The topological polar surface area (TPSA) is 344 Å². The minimum Gasteiger partial charge on any atom is -0.465 e. The second kappa shape index (κ2) is 36.8. The van der Waals surface area contributed by atoms with Crippen molar-refractivity contribution in [1.29, 1.82) is 0 Å². The number of likely N-dealkylation sites (N-methyl/N-ethyl adjacent to an activating group) is 1. The molecule has 3 aromatic carbocycles. The summed E-state index contributed by atoms with van der Waals surface area (Å²) in [7, 11) is 3.60. The van der Waals surface area contributed by atoms with Crippen molar-refractivity contribution >= 4 is 86.6 Å². The van der Waals surface area contributed by atoms with Crippen molar-refractivity contribution in [2.75, 3.05) is 162 Å². The van der Waals surface area contributed by atoms with Crippen LogP contribution in [0.5, 0.6) is 0 Å². The number of aryl methyl sites for hydroxylation is 1. The SMILES string of the molecule is CCOC(=O)CNC(=O)CNC(=O)Cn1nc(C2CCN(C(=O)CCC(=O)NCCOCCOCCOCCOCCOCCC(=O)N3CCC(c4ccc(Nc5nc(N6CCC[C@@H](N7CCN(C)C7=O)C6)cnc5C(N)=O)cc4)CC3)CC2)c2c(-c3cc4c(cnn4C)cc3F)cccc21. The predicted octanol–water partition coefficient (Wildman–Crippen LogP) is 3.98. The van der Waals surface area contributed by atoms with Crippen molar-refractivity contribution in [2.24, 2.45) is 12.8 Å². The number of likely N-dealkylation sites (tertiary alicyclic amines) is 2. The Morgan fingerprint density at radius 1 is 0.653 bits per heavy atom. The number of carbonyl (C=O) groups excluding carboxylic acids is 8. The minimum atomic E-state index is -0.688. The van der Waals surface area contributed by atoms with E-state index in [2.05, 4.69) is 48.4 Å². The van der Waals surface area contributed by atoms with E-state index in [0.717, 1.165) is 49.0 Å². The molecule has 30 nitrogen and oxygen atoms in total. The van der Waals surface area contributed by atoms with E-state index in [4.69, 9.17) is 44.2 Å². The highest BCUT2D eigenvalue weighted by molar-refractivity contribution is 6.00. The number of halogens is 1. The third kappa shape index (κ3) is 20.4. The van der Waals surface area contributed by atoms with Crippen molar-refractivity contribution in [3.8, 4) is 11.1 Å². The molecule has 1 atom stereocenters. The van der Waals surface area contributed by atoms with Gasteiger partial charge in [-0.15, -0.1) is 0 Å². The average Bonchev–Trinajstić information content (AvgIpc) is 1.62. The highest BCUT2D eigenvalue weighted by Gasteiger charge is 2.36. The zero-order valence-corrected chi connectivity index (χ0v) is 57.8. The summed E-state index contributed by atoms with van der Waals surface area (Å²) < 4.78 is 52.1. The second-order valence-electron chi connectivity index (χ2n) is 25.4. The molecule has 0 saturated carbocycles. The molecule has 4 fully saturated rings. The number of esters is 1. The van der Waals surface area contributed by atoms with Crippen molar-refractivity contribution in [2.45, 2.75) is 89.1 Å². The molecule has 4 aliphatic rings. The number of ether oxygens (including phenoxy) is 6. The van der Waals surface area contributed by atoms with Crippen LogP contribution in [0.2, 0.25) is 0 Å². The van der Waals surface area contributed by atoms with Crippen LogP contribution in [-0.4, -0.2) is 254 Å². The zero-order chi connectivity index (χ0) is 71.2. The largest absolute Gasteiger partial charge is 0.465 e. The van der Waals surface area contributed by atoms with E-state index >= 15 is 4.39 Å². The van der Waals surface area contributed by atoms with Gasteiger partial charge in [-0.2, -0.15) is 10.2 Å². The van der Waals surface area contributed by atoms with Crippen molar-refractivity contribution in [3.05, 3.63) is 89.8 Å². The van der Waals surface area contributed by atoms with E-state index in [1.165, 1.54) is 10.7 Å². The monoisotopic (exact) mass is 1400 g/mol. The Kier molecular flexibility index (Phi) is 27.0. The van der Waals surface area contributed by atoms with Gasteiger partial charge in [0.2, 0.25) is 29.5 Å². The Labute approximate surface area is 585 Å². The number of fused-ring (bicyclic) bond motifs is 2. The molecule has 4 saturated heterocycles. The lowest BCUT2D eigenvalue weighted by atomic mass is 9.88. The maximum atomic E-state index is 16.0. The number of anilines is 3. The van der Waals surface area contributed by atoms with Gasteiger partial charge in [0.1, 0.15) is 24.7 Å². The number of aromatic nitrogens is 6. The Bertz CT molecular complexity index is 3840. The smallest absolute Gasteiger partial charge is 0.325 e. The number of benzene rings is 3. The van der Waals surface area contributed by atoms with Crippen LogP contribution in [0.3, 0.4) is 0 Å². The molecule has 0 aliphatic carbocycles. The number of hydrogen-bond acceptors (Lipinski definition) is 20. The molecule has 10 rings (SSSR count). The van der Waals surface area contributed by atoms with E-state index in [1.807, 2.05) is 35.0 Å². The fraction of sp³-hybridized carbons (Fsp3) is 0.543.